The van der Waals surface area contributed by atoms with Crippen LogP contribution in [0.4, 0.5) is 5.69 Å². The van der Waals surface area contributed by atoms with E-state index in [1.807, 2.05) is 30.3 Å². The number of fused-ring (bicyclic) bond motifs is 1. The standard InChI is InChI=1S/C22H21ClN2O3S/c23-20-7-3-4-8-21(20)24-22(26)17-11-13-25(14-12-17)29(27,28)19-10-9-16-5-1-2-6-18(16)15-19/h1-10,15,17H,11-14H2,(H,24,26). The molecule has 150 valence electrons. The van der Waals surface area contributed by atoms with Gasteiger partial charge in [0.1, 0.15) is 0 Å². The summed E-state index contributed by atoms with van der Waals surface area (Å²) in [6, 6.07) is 19.9. The summed E-state index contributed by atoms with van der Waals surface area (Å²) < 4.78 is 27.6. The molecule has 5 nitrogen and oxygen atoms in total. The third-order valence-electron chi connectivity index (χ3n) is 5.32. The number of carbonyl (C=O) groups is 1. The highest BCUT2D eigenvalue weighted by Crippen LogP contribution is 2.28. The zero-order chi connectivity index (χ0) is 20.4. The van der Waals surface area contributed by atoms with E-state index in [4.69, 9.17) is 11.6 Å². The molecule has 0 aromatic heterocycles. The molecule has 1 saturated heterocycles. The highest BCUT2D eigenvalue weighted by Gasteiger charge is 2.32. The van der Waals surface area contributed by atoms with Crippen molar-refractivity contribution in [3.63, 3.8) is 0 Å². The molecular formula is C22H21ClN2O3S. The molecule has 1 N–H and O–H groups in total. The van der Waals surface area contributed by atoms with Gasteiger partial charge in [-0.1, -0.05) is 54.1 Å². The minimum absolute atomic E-state index is 0.124. The van der Waals surface area contributed by atoms with E-state index < -0.39 is 10.0 Å². The topological polar surface area (TPSA) is 66.5 Å². The van der Waals surface area contributed by atoms with Crippen LogP contribution < -0.4 is 5.32 Å². The van der Waals surface area contributed by atoms with Crippen LogP contribution in [0.1, 0.15) is 12.8 Å². The fraction of sp³-hybridized carbons (Fsp3) is 0.227. The summed E-state index contributed by atoms with van der Waals surface area (Å²) in [5.41, 5.74) is 0.574. The van der Waals surface area contributed by atoms with Gasteiger partial charge < -0.3 is 5.32 Å². The molecule has 0 aliphatic carbocycles. The van der Waals surface area contributed by atoms with Crippen LogP contribution in [0.15, 0.2) is 71.6 Å². The number of halogens is 1. The normalized spacial score (nSPS) is 16.0. The first-order valence-electron chi connectivity index (χ1n) is 9.49. The van der Waals surface area contributed by atoms with E-state index in [0.717, 1.165) is 10.8 Å². The van der Waals surface area contributed by atoms with E-state index in [9.17, 15) is 13.2 Å². The summed E-state index contributed by atoms with van der Waals surface area (Å²) in [5, 5.41) is 5.22. The second-order valence-electron chi connectivity index (χ2n) is 7.16. The third-order valence-corrected chi connectivity index (χ3v) is 7.54. The maximum atomic E-state index is 13.1. The second-order valence-corrected chi connectivity index (χ2v) is 9.50. The Bertz CT molecular complexity index is 1160. The van der Waals surface area contributed by atoms with Crippen molar-refractivity contribution >= 4 is 44.0 Å². The Morgan fingerprint density at radius 3 is 2.31 bits per heavy atom. The number of anilines is 1. The lowest BCUT2D eigenvalue weighted by atomic mass is 9.97. The minimum atomic E-state index is -3.59. The molecule has 0 atom stereocenters. The van der Waals surface area contributed by atoms with Crippen molar-refractivity contribution in [3.8, 4) is 0 Å². The fourth-order valence-corrected chi connectivity index (χ4v) is 5.32. The zero-order valence-electron chi connectivity index (χ0n) is 15.7. The van der Waals surface area contributed by atoms with Gasteiger partial charge in [0.25, 0.3) is 0 Å². The van der Waals surface area contributed by atoms with E-state index in [1.165, 1.54) is 4.31 Å². The van der Waals surface area contributed by atoms with Crippen molar-refractivity contribution in [3.05, 3.63) is 71.8 Å². The Balaban J connectivity index is 1.44. The van der Waals surface area contributed by atoms with Gasteiger partial charge in [-0.3, -0.25) is 4.79 Å². The predicted molar refractivity (Wildman–Crippen MR) is 116 cm³/mol. The Labute approximate surface area is 175 Å². The second kappa shape index (κ2) is 8.14. The van der Waals surface area contributed by atoms with Crippen LogP contribution >= 0.6 is 11.6 Å². The average molecular weight is 429 g/mol. The number of sulfonamides is 1. The first kappa shape index (κ1) is 19.9. The molecule has 1 aliphatic heterocycles. The smallest absolute Gasteiger partial charge is 0.243 e. The van der Waals surface area contributed by atoms with Crippen molar-refractivity contribution < 1.29 is 13.2 Å². The molecule has 29 heavy (non-hydrogen) atoms. The van der Waals surface area contributed by atoms with Gasteiger partial charge in [0.15, 0.2) is 0 Å². The molecule has 1 amide bonds. The van der Waals surface area contributed by atoms with Gasteiger partial charge >= 0.3 is 0 Å². The third kappa shape index (κ3) is 4.15. The Kier molecular flexibility index (Phi) is 5.58. The molecule has 0 unspecified atom stereocenters. The maximum Gasteiger partial charge on any atom is 0.243 e. The number of carbonyl (C=O) groups excluding carboxylic acids is 1. The van der Waals surface area contributed by atoms with Crippen LogP contribution in [-0.2, 0) is 14.8 Å². The predicted octanol–water partition coefficient (Wildman–Crippen LogP) is 4.53. The highest BCUT2D eigenvalue weighted by atomic mass is 35.5. The SMILES string of the molecule is O=C(Nc1ccccc1Cl)C1CCN(S(=O)(=O)c2ccc3ccccc3c2)CC1. The van der Waals surface area contributed by atoms with Crippen molar-refractivity contribution in [1.29, 1.82) is 0 Å². The summed E-state index contributed by atoms with van der Waals surface area (Å²) in [7, 11) is -3.59. The number of hydrogen-bond acceptors (Lipinski definition) is 3. The van der Waals surface area contributed by atoms with Gasteiger partial charge in [-0.15, -0.1) is 0 Å². The van der Waals surface area contributed by atoms with Gasteiger partial charge in [0.05, 0.1) is 15.6 Å². The quantitative estimate of drug-likeness (QED) is 0.663. The zero-order valence-corrected chi connectivity index (χ0v) is 17.3. The lowest BCUT2D eigenvalue weighted by Gasteiger charge is -2.30. The molecule has 4 rings (SSSR count). The molecule has 1 fully saturated rings. The Hall–Kier alpha value is -2.41. The van der Waals surface area contributed by atoms with Gasteiger partial charge in [-0.05, 0) is 47.9 Å². The number of rotatable bonds is 4. The Morgan fingerprint density at radius 1 is 0.931 bits per heavy atom. The van der Waals surface area contributed by atoms with Crippen molar-refractivity contribution in [2.75, 3.05) is 18.4 Å². The largest absolute Gasteiger partial charge is 0.325 e. The fourth-order valence-electron chi connectivity index (χ4n) is 3.63. The molecule has 7 heteroatoms. The van der Waals surface area contributed by atoms with Gasteiger partial charge in [-0.2, -0.15) is 4.31 Å². The van der Waals surface area contributed by atoms with E-state index in [-0.39, 0.29) is 16.7 Å². The van der Waals surface area contributed by atoms with Crippen LogP contribution in [0, 0.1) is 5.92 Å². The van der Waals surface area contributed by atoms with Gasteiger partial charge in [0, 0.05) is 19.0 Å². The van der Waals surface area contributed by atoms with Crippen molar-refractivity contribution in [2.45, 2.75) is 17.7 Å². The lowest BCUT2D eigenvalue weighted by molar-refractivity contribution is -0.120. The Morgan fingerprint density at radius 2 is 1.59 bits per heavy atom. The minimum Gasteiger partial charge on any atom is -0.325 e. The first-order chi connectivity index (χ1) is 13.9. The summed E-state index contributed by atoms with van der Waals surface area (Å²) in [6.07, 6.45) is 0.951. The average Bonchev–Trinajstić information content (AvgIpc) is 2.75. The summed E-state index contributed by atoms with van der Waals surface area (Å²) in [6.45, 7) is 0.630. The molecule has 3 aromatic carbocycles. The monoisotopic (exact) mass is 428 g/mol. The summed E-state index contributed by atoms with van der Waals surface area (Å²) in [4.78, 5) is 12.8. The number of para-hydroxylation sites is 1. The number of amides is 1. The van der Waals surface area contributed by atoms with Crippen LogP contribution in [0.3, 0.4) is 0 Å². The van der Waals surface area contributed by atoms with Crippen molar-refractivity contribution in [2.24, 2.45) is 5.92 Å². The molecule has 0 saturated carbocycles. The molecule has 0 spiro atoms. The number of benzene rings is 3. The number of hydrogen-bond donors (Lipinski definition) is 1. The van der Waals surface area contributed by atoms with E-state index in [2.05, 4.69) is 5.32 Å². The summed E-state index contributed by atoms with van der Waals surface area (Å²) in [5.74, 6) is -0.366. The van der Waals surface area contributed by atoms with Crippen LogP contribution in [-0.4, -0.2) is 31.7 Å². The van der Waals surface area contributed by atoms with Crippen LogP contribution in [0.2, 0.25) is 5.02 Å². The lowest BCUT2D eigenvalue weighted by Crippen LogP contribution is -2.41. The van der Waals surface area contributed by atoms with Crippen molar-refractivity contribution in [1.82, 2.24) is 4.31 Å². The molecule has 0 bridgehead atoms. The first-order valence-corrected chi connectivity index (χ1v) is 11.3. The van der Waals surface area contributed by atoms with Gasteiger partial charge in [0.2, 0.25) is 15.9 Å². The van der Waals surface area contributed by atoms with E-state index >= 15 is 0 Å². The maximum absolute atomic E-state index is 13.1. The molecule has 1 aliphatic rings. The molecule has 0 radical (unpaired) electrons. The van der Waals surface area contributed by atoms with E-state index in [0.29, 0.717) is 36.6 Å². The molecule has 1 heterocycles. The number of nitrogens with one attached hydrogen (secondary N) is 1. The van der Waals surface area contributed by atoms with Crippen LogP contribution in [0.5, 0.6) is 0 Å². The van der Waals surface area contributed by atoms with Gasteiger partial charge in [-0.25, -0.2) is 8.42 Å². The van der Waals surface area contributed by atoms with Crippen LogP contribution in [0.25, 0.3) is 10.8 Å². The number of nitrogens with zero attached hydrogens (tertiary/aromatic N) is 1. The van der Waals surface area contributed by atoms with E-state index in [1.54, 1.807) is 36.4 Å². The summed E-state index contributed by atoms with van der Waals surface area (Å²) >= 11 is 6.10. The number of piperidine rings is 1. The molecule has 3 aromatic rings. The highest BCUT2D eigenvalue weighted by molar-refractivity contribution is 7.89. The molecular weight excluding hydrogens is 408 g/mol.